The summed E-state index contributed by atoms with van der Waals surface area (Å²) in [6.07, 6.45) is 1.17. The van der Waals surface area contributed by atoms with Gasteiger partial charge < -0.3 is 5.11 Å². The minimum atomic E-state index is 0.104. The molecule has 1 rings (SSSR count). The highest BCUT2D eigenvalue weighted by atomic mass is 35.5. The molecule has 0 spiro atoms. The van der Waals surface area contributed by atoms with Crippen molar-refractivity contribution >= 4 is 46.4 Å². The Labute approximate surface area is 114 Å². The maximum absolute atomic E-state index is 8.60. The van der Waals surface area contributed by atoms with E-state index in [0.717, 1.165) is 0 Å². The Bertz CT molecular complexity index is 419. The molecule has 0 amide bonds. The molecule has 0 radical (unpaired) electrons. The molecule has 0 fully saturated rings. The second kappa shape index (κ2) is 6.59. The van der Waals surface area contributed by atoms with Crippen LogP contribution in [0.15, 0.2) is 6.07 Å². The van der Waals surface area contributed by atoms with Gasteiger partial charge in [0.05, 0.1) is 25.7 Å². The van der Waals surface area contributed by atoms with E-state index in [-0.39, 0.29) is 6.61 Å². The largest absolute Gasteiger partial charge is 0.396 e. The van der Waals surface area contributed by atoms with Crippen LogP contribution in [-0.2, 0) is 0 Å². The van der Waals surface area contributed by atoms with Crippen LogP contribution < -0.4 is 0 Å². The first-order valence-electron chi connectivity index (χ1n) is 4.50. The Kier molecular flexibility index (Phi) is 5.75. The normalized spacial score (nSPS) is 9.81. The molecular weight excluding hydrogens is 290 g/mol. The topological polar surface area (TPSA) is 20.2 Å². The lowest BCUT2D eigenvalue weighted by Crippen LogP contribution is -1.84. The third-order valence-electron chi connectivity index (χ3n) is 1.79. The smallest absolute Gasteiger partial charge is 0.0764 e. The van der Waals surface area contributed by atoms with Crippen molar-refractivity contribution in [1.82, 2.24) is 0 Å². The first-order valence-corrected chi connectivity index (χ1v) is 6.01. The van der Waals surface area contributed by atoms with Gasteiger partial charge in [0.2, 0.25) is 0 Å². The molecule has 0 aromatic heterocycles. The van der Waals surface area contributed by atoms with Gasteiger partial charge in [0.1, 0.15) is 0 Å². The first-order chi connectivity index (χ1) is 7.57. The molecule has 5 heteroatoms. The van der Waals surface area contributed by atoms with Gasteiger partial charge >= 0.3 is 0 Å². The second-order valence-corrected chi connectivity index (χ2v) is 4.54. The molecule has 0 saturated carbocycles. The van der Waals surface area contributed by atoms with E-state index in [9.17, 15) is 0 Å². The van der Waals surface area contributed by atoms with Crippen LogP contribution >= 0.6 is 46.4 Å². The van der Waals surface area contributed by atoms with Gasteiger partial charge in [0, 0.05) is 13.0 Å². The third kappa shape index (κ3) is 3.45. The van der Waals surface area contributed by atoms with Crippen molar-refractivity contribution in [2.75, 3.05) is 6.61 Å². The number of aliphatic hydroxyl groups excluding tert-OH is 1. The highest BCUT2D eigenvalue weighted by Gasteiger charge is 2.11. The van der Waals surface area contributed by atoms with E-state index in [4.69, 9.17) is 51.5 Å². The second-order valence-electron chi connectivity index (χ2n) is 2.97. The Morgan fingerprint density at radius 1 is 1.06 bits per heavy atom. The van der Waals surface area contributed by atoms with Crippen LogP contribution in [0.3, 0.4) is 0 Å². The maximum atomic E-state index is 8.60. The standard InChI is InChI=1S/C11H8Cl4O/c12-8-6-9(13)11(15)7(10(8)14)4-2-1-3-5-16/h6,16H,1,3,5H2. The van der Waals surface area contributed by atoms with E-state index in [1.54, 1.807) is 0 Å². The molecule has 0 heterocycles. The fraction of sp³-hybridized carbons (Fsp3) is 0.273. The molecule has 1 nitrogen and oxygen atoms in total. The van der Waals surface area contributed by atoms with Crippen LogP contribution in [0.5, 0.6) is 0 Å². The molecule has 0 bridgehead atoms. The molecule has 0 saturated heterocycles. The SMILES string of the molecule is OCCCC#Cc1c(Cl)c(Cl)cc(Cl)c1Cl. The van der Waals surface area contributed by atoms with Crippen molar-refractivity contribution in [2.45, 2.75) is 12.8 Å². The third-order valence-corrected chi connectivity index (χ3v) is 3.36. The summed E-state index contributed by atoms with van der Waals surface area (Å²) >= 11 is 23.6. The summed E-state index contributed by atoms with van der Waals surface area (Å²) in [6.45, 7) is 0.104. The molecule has 1 N–H and O–H groups in total. The zero-order valence-electron chi connectivity index (χ0n) is 8.16. The maximum Gasteiger partial charge on any atom is 0.0764 e. The molecule has 0 aliphatic heterocycles. The van der Waals surface area contributed by atoms with Gasteiger partial charge in [-0.1, -0.05) is 58.2 Å². The molecule has 0 aliphatic rings. The highest BCUT2D eigenvalue weighted by molar-refractivity contribution is 6.48. The first kappa shape index (κ1) is 14.0. The highest BCUT2D eigenvalue weighted by Crippen LogP contribution is 2.36. The number of halogens is 4. The van der Waals surface area contributed by atoms with E-state index in [0.29, 0.717) is 38.5 Å². The quantitative estimate of drug-likeness (QED) is 0.486. The van der Waals surface area contributed by atoms with E-state index >= 15 is 0 Å². The van der Waals surface area contributed by atoms with Gasteiger partial charge in [-0.25, -0.2) is 0 Å². The number of hydrogen-bond donors (Lipinski definition) is 1. The summed E-state index contributed by atoms with van der Waals surface area (Å²) in [5.74, 6) is 5.65. The predicted molar refractivity (Wildman–Crippen MR) is 69.7 cm³/mol. The Balaban J connectivity index is 3.06. The number of benzene rings is 1. The number of hydrogen-bond acceptors (Lipinski definition) is 1. The Morgan fingerprint density at radius 2 is 1.62 bits per heavy atom. The number of aliphatic hydroxyl groups is 1. The summed E-state index contributed by atoms with van der Waals surface area (Å²) < 4.78 is 0. The van der Waals surface area contributed by atoms with Crippen LogP contribution in [0.2, 0.25) is 20.1 Å². The number of rotatable bonds is 2. The van der Waals surface area contributed by atoms with Gasteiger partial charge in [-0.05, 0) is 12.5 Å². The molecule has 86 valence electrons. The summed E-state index contributed by atoms with van der Waals surface area (Å²) in [5, 5.41) is 9.84. The average molecular weight is 298 g/mol. The summed E-state index contributed by atoms with van der Waals surface area (Å²) in [6, 6.07) is 1.48. The minimum Gasteiger partial charge on any atom is -0.396 e. The van der Waals surface area contributed by atoms with E-state index in [2.05, 4.69) is 11.8 Å². The van der Waals surface area contributed by atoms with Crippen LogP contribution in [0.4, 0.5) is 0 Å². The van der Waals surface area contributed by atoms with Crippen molar-refractivity contribution in [1.29, 1.82) is 0 Å². The van der Waals surface area contributed by atoms with E-state index in [1.807, 2.05) is 0 Å². The summed E-state index contributed by atoms with van der Waals surface area (Å²) in [5.41, 5.74) is 0.429. The van der Waals surface area contributed by atoms with Gasteiger partial charge in [-0.2, -0.15) is 0 Å². The van der Waals surface area contributed by atoms with E-state index < -0.39 is 0 Å². The lowest BCUT2D eigenvalue weighted by Gasteiger charge is -2.04. The fourth-order valence-corrected chi connectivity index (χ4v) is 1.91. The van der Waals surface area contributed by atoms with Gasteiger partial charge in [0.25, 0.3) is 0 Å². The lowest BCUT2D eigenvalue weighted by atomic mass is 10.2. The van der Waals surface area contributed by atoms with Gasteiger partial charge in [-0.15, -0.1) is 0 Å². The lowest BCUT2D eigenvalue weighted by molar-refractivity contribution is 0.290. The van der Waals surface area contributed by atoms with Crippen LogP contribution in [0.1, 0.15) is 18.4 Å². The van der Waals surface area contributed by atoms with Crippen LogP contribution in [0, 0.1) is 11.8 Å². The molecule has 1 aromatic rings. The molecule has 0 atom stereocenters. The zero-order valence-corrected chi connectivity index (χ0v) is 11.2. The monoisotopic (exact) mass is 296 g/mol. The molecule has 0 aliphatic carbocycles. The van der Waals surface area contributed by atoms with Gasteiger partial charge in [0.15, 0.2) is 0 Å². The van der Waals surface area contributed by atoms with Crippen molar-refractivity contribution in [3.05, 3.63) is 31.7 Å². The van der Waals surface area contributed by atoms with Crippen LogP contribution in [0.25, 0.3) is 0 Å². The van der Waals surface area contributed by atoms with Gasteiger partial charge in [-0.3, -0.25) is 0 Å². The average Bonchev–Trinajstić information content (AvgIpc) is 2.25. The Morgan fingerprint density at radius 3 is 2.12 bits per heavy atom. The van der Waals surface area contributed by atoms with Crippen molar-refractivity contribution in [3.63, 3.8) is 0 Å². The molecule has 1 aromatic carbocycles. The van der Waals surface area contributed by atoms with Crippen LogP contribution in [-0.4, -0.2) is 11.7 Å². The minimum absolute atomic E-state index is 0.104. The zero-order chi connectivity index (χ0) is 12.1. The Hall–Kier alpha value is -0.100. The van der Waals surface area contributed by atoms with Crippen molar-refractivity contribution in [3.8, 4) is 11.8 Å². The molecule has 16 heavy (non-hydrogen) atoms. The molecular formula is C11H8Cl4O. The number of unbranched alkanes of at least 4 members (excludes halogenated alkanes) is 1. The summed E-state index contributed by atoms with van der Waals surface area (Å²) in [7, 11) is 0. The van der Waals surface area contributed by atoms with E-state index in [1.165, 1.54) is 6.07 Å². The summed E-state index contributed by atoms with van der Waals surface area (Å²) in [4.78, 5) is 0. The molecule has 0 unspecified atom stereocenters. The van der Waals surface area contributed by atoms with Crippen molar-refractivity contribution < 1.29 is 5.11 Å². The predicted octanol–water partition coefficient (Wildman–Crippen LogP) is 4.42. The van der Waals surface area contributed by atoms with Crippen molar-refractivity contribution in [2.24, 2.45) is 0 Å². The fourth-order valence-electron chi connectivity index (χ4n) is 1.00.